The number of likely N-dealkylation sites (tertiary alicyclic amines) is 1. The molecule has 7 atom stereocenters. The molecule has 0 radical (unpaired) electrons. The Labute approximate surface area is 321 Å². The number of aromatic nitrogens is 1. The number of nitrogens with one attached hydrogen (secondary N) is 2. The predicted octanol–water partition coefficient (Wildman–Crippen LogP) is 5.69. The second-order valence-electron chi connectivity index (χ2n) is 15.3. The van der Waals surface area contributed by atoms with Crippen molar-refractivity contribution < 1.29 is 33.8 Å². The van der Waals surface area contributed by atoms with Crippen molar-refractivity contribution in [2.45, 2.75) is 115 Å². The second kappa shape index (κ2) is 18.4. The number of aliphatic hydroxyl groups excluding tert-OH is 1. The van der Waals surface area contributed by atoms with Crippen LogP contribution in [-0.2, 0) is 27.3 Å². The third-order valence-electron chi connectivity index (χ3n) is 11.1. The lowest BCUT2D eigenvalue weighted by molar-refractivity contribution is -0.143. The first-order chi connectivity index (χ1) is 25.8. The summed E-state index contributed by atoms with van der Waals surface area (Å²) in [5.41, 5.74) is 2.10. The topological polar surface area (TPSA) is 152 Å². The molecule has 1 aromatic heterocycles. The van der Waals surface area contributed by atoms with Crippen molar-refractivity contribution in [3.05, 3.63) is 87.1 Å². The highest BCUT2D eigenvalue weighted by Crippen LogP contribution is 2.34. The van der Waals surface area contributed by atoms with Gasteiger partial charge in [0.25, 0.3) is 5.91 Å². The van der Waals surface area contributed by atoms with Gasteiger partial charge in [0.1, 0.15) is 28.7 Å². The molecule has 3 amide bonds. The van der Waals surface area contributed by atoms with Crippen molar-refractivity contribution in [1.29, 1.82) is 0 Å². The first-order valence-electron chi connectivity index (χ1n) is 19.1. The third-order valence-corrected chi connectivity index (χ3v) is 12.1. The Morgan fingerprint density at radius 1 is 1.09 bits per heavy atom. The standard InChI is InChI=1S/C41H54FN5O6S/c1-6-25(4)36(45-38(50)33-14-10-11-17-46(33)5)40(51)47(22-26-12-8-7-9-13-26)34(24(2)3)21-35(48)39-44-32(23-54-39)37(49)43-29-18-27-15-16-28(42)19-30(27)31(20-29)41(52)53/h7-9,12-13,15-16,19,23-25,29,31,33-36,48H,6,10-11,14,17-18,20-22H2,1-5H3,(H,43,49)(H,45,50)(H,52,53)/t25-,29-,31+,33+,34+,35+,36-/m0/s1. The molecule has 0 bridgehead atoms. The molecule has 2 aliphatic rings. The average Bonchev–Trinajstić information content (AvgIpc) is 3.66. The van der Waals surface area contributed by atoms with Gasteiger partial charge in [-0.2, -0.15) is 0 Å². The number of aliphatic carboxylic acids is 1. The fourth-order valence-corrected chi connectivity index (χ4v) is 8.53. The van der Waals surface area contributed by atoms with E-state index < -0.39 is 47.8 Å². The molecule has 0 unspecified atom stereocenters. The van der Waals surface area contributed by atoms with Crippen LogP contribution in [0.2, 0.25) is 0 Å². The van der Waals surface area contributed by atoms with Crippen LogP contribution in [0.15, 0.2) is 53.9 Å². The molecule has 1 aliphatic carbocycles. The molecule has 1 saturated heterocycles. The van der Waals surface area contributed by atoms with Gasteiger partial charge in [-0.1, -0.05) is 76.9 Å². The number of piperidine rings is 1. The molecule has 13 heteroatoms. The van der Waals surface area contributed by atoms with Gasteiger partial charge in [0.05, 0.1) is 12.0 Å². The lowest BCUT2D eigenvalue weighted by Crippen LogP contribution is -2.58. The number of benzene rings is 2. The van der Waals surface area contributed by atoms with Crippen LogP contribution in [0.5, 0.6) is 0 Å². The Bertz CT molecular complexity index is 1770. The van der Waals surface area contributed by atoms with Crippen molar-refractivity contribution in [3.63, 3.8) is 0 Å². The molecule has 4 N–H and O–H groups in total. The molecule has 3 aromatic rings. The number of hydrogen-bond donors (Lipinski definition) is 4. The van der Waals surface area contributed by atoms with Crippen molar-refractivity contribution in [2.24, 2.45) is 11.8 Å². The quantitative estimate of drug-likeness (QED) is 0.154. The van der Waals surface area contributed by atoms with Crippen LogP contribution in [0.4, 0.5) is 4.39 Å². The minimum atomic E-state index is -1.10. The summed E-state index contributed by atoms with van der Waals surface area (Å²) in [5, 5.41) is 29.4. The number of nitrogens with zero attached hydrogens (tertiary/aromatic N) is 3. The van der Waals surface area contributed by atoms with Gasteiger partial charge in [0.2, 0.25) is 11.8 Å². The van der Waals surface area contributed by atoms with Crippen LogP contribution in [0.1, 0.15) is 110 Å². The van der Waals surface area contributed by atoms with Crippen LogP contribution >= 0.6 is 11.3 Å². The summed E-state index contributed by atoms with van der Waals surface area (Å²) in [5.74, 6) is -3.63. The SMILES string of the molecule is CC[C@H](C)[C@H](NC(=O)[C@H]1CCCCN1C)C(=O)N(Cc1ccccc1)[C@H](C[C@@H](O)c1nc(C(=O)N[C@H]2Cc3ccc(F)cc3[C@H](C(=O)O)C2)cs1)C(C)C. The Morgan fingerprint density at radius 2 is 1.83 bits per heavy atom. The van der Waals surface area contributed by atoms with Gasteiger partial charge in [0.15, 0.2) is 0 Å². The van der Waals surface area contributed by atoms with Gasteiger partial charge in [-0.25, -0.2) is 9.37 Å². The molecular weight excluding hydrogens is 710 g/mol. The van der Waals surface area contributed by atoms with Crippen LogP contribution < -0.4 is 10.6 Å². The lowest BCUT2D eigenvalue weighted by Gasteiger charge is -2.40. The summed E-state index contributed by atoms with van der Waals surface area (Å²) in [4.78, 5) is 62.1. The Balaban J connectivity index is 1.34. The molecule has 1 aliphatic heterocycles. The molecular formula is C41H54FN5O6S. The van der Waals surface area contributed by atoms with E-state index >= 15 is 0 Å². The number of carboxylic acid groups (broad SMARTS) is 1. The number of halogens is 1. The first-order valence-corrected chi connectivity index (χ1v) is 20.0. The molecule has 1 fully saturated rings. The number of likely N-dealkylation sites (N-methyl/N-ethyl adjacent to an activating group) is 1. The number of amides is 3. The van der Waals surface area contributed by atoms with Gasteiger partial charge >= 0.3 is 5.97 Å². The zero-order valence-corrected chi connectivity index (χ0v) is 32.7. The minimum Gasteiger partial charge on any atom is -0.481 e. The summed E-state index contributed by atoms with van der Waals surface area (Å²) in [6.07, 6.45) is 2.91. The fraction of sp³-hybridized carbons (Fsp3) is 0.537. The van der Waals surface area contributed by atoms with Crippen LogP contribution in [0.25, 0.3) is 0 Å². The highest BCUT2D eigenvalue weighted by Gasteiger charge is 2.38. The van der Waals surface area contributed by atoms with Gasteiger partial charge in [-0.15, -0.1) is 11.3 Å². The number of fused-ring (bicyclic) bond motifs is 1. The molecule has 2 heterocycles. The molecule has 0 saturated carbocycles. The van der Waals surface area contributed by atoms with Crippen molar-refractivity contribution in [3.8, 4) is 0 Å². The van der Waals surface area contributed by atoms with Gasteiger partial charge in [-0.3, -0.25) is 24.1 Å². The Hall–Kier alpha value is -4.20. The maximum Gasteiger partial charge on any atom is 0.311 e. The van der Waals surface area contributed by atoms with Crippen LogP contribution in [-0.4, -0.2) is 86.4 Å². The summed E-state index contributed by atoms with van der Waals surface area (Å²) in [6, 6.07) is 11.7. The predicted molar refractivity (Wildman–Crippen MR) is 205 cm³/mol. The normalized spacial score (nSPS) is 21.0. The van der Waals surface area contributed by atoms with E-state index in [0.29, 0.717) is 29.0 Å². The summed E-state index contributed by atoms with van der Waals surface area (Å²) in [6.45, 7) is 9.08. The minimum absolute atomic E-state index is 0.0855. The molecule has 54 heavy (non-hydrogen) atoms. The van der Waals surface area contributed by atoms with Crippen molar-refractivity contribution in [1.82, 2.24) is 25.4 Å². The molecule has 11 nitrogen and oxygen atoms in total. The van der Waals surface area contributed by atoms with E-state index in [2.05, 4.69) is 20.5 Å². The number of carboxylic acids is 1. The van der Waals surface area contributed by atoms with Crippen LogP contribution in [0, 0.1) is 17.7 Å². The number of carbonyl (C=O) groups is 4. The molecule has 5 rings (SSSR count). The molecule has 0 spiro atoms. The highest BCUT2D eigenvalue weighted by molar-refractivity contribution is 7.09. The number of carbonyl (C=O) groups excluding carboxylic acids is 3. The van der Waals surface area contributed by atoms with Gasteiger partial charge in [0, 0.05) is 30.4 Å². The van der Waals surface area contributed by atoms with E-state index in [1.165, 1.54) is 12.1 Å². The lowest BCUT2D eigenvalue weighted by atomic mass is 9.80. The number of aliphatic hydroxyl groups is 1. The summed E-state index contributed by atoms with van der Waals surface area (Å²) < 4.78 is 13.9. The third kappa shape index (κ3) is 9.91. The van der Waals surface area contributed by atoms with Crippen molar-refractivity contribution >= 4 is 35.0 Å². The second-order valence-corrected chi connectivity index (χ2v) is 16.2. The van der Waals surface area contributed by atoms with Gasteiger partial charge in [-0.05, 0) is 79.9 Å². The van der Waals surface area contributed by atoms with Crippen molar-refractivity contribution in [2.75, 3.05) is 13.6 Å². The van der Waals surface area contributed by atoms with E-state index in [4.69, 9.17) is 0 Å². The van der Waals surface area contributed by atoms with E-state index in [9.17, 15) is 33.8 Å². The highest BCUT2D eigenvalue weighted by atomic mass is 32.1. The monoisotopic (exact) mass is 763 g/mol. The maximum atomic E-state index is 14.7. The molecule has 2 aromatic carbocycles. The number of rotatable bonds is 15. The largest absolute Gasteiger partial charge is 0.481 e. The molecule has 292 valence electrons. The van der Waals surface area contributed by atoms with Gasteiger partial charge < -0.3 is 25.7 Å². The zero-order valence-electron chi connectivity index (χ0n) is 31.8. The Kier molecular flexibility index (Phi) is 14.0. The summed E-state index contributed by atoms with van der Waals surface area (Å²) in [7, 11) is 1.95. The van der Waals surface area contributed by atoms with E-state index in [0.717, 1.165) is 42.7 Å². The smallest absolute Gasteiger partial charge is 0.311 e. The zero-order chi connectivity index (χ0) is 39.1. The van der Waals surface area contributed by atoms with E-state index in [-0.39, 0.29) is 54.8 Å². The van der Waals surface area contributed by atoms with Crippen LogP contribution in [0.3, 0.4) is 0 Å². The maximum absolute atomic E-state index is 14.7. The summed E-state index contributed by atoms with van der Waals surface area (Å²) >= 11 is 1.14. The van der Waals surface area contributed by atoms with E-state index in [1.54, 1.807) is 16.3 Å². The Morgan fingerprint density at radius 3 is 2.50 bits per heavy atom. The van der Waals surface area contributed by atoms with E-state index in [1.807, 2.05) is 65.1 Å². The number of thiazole rings is 1. The first kappa shape index (κ1) is 41.0. The number of hydrogen-bond acceptors (Lipinski definition) is 8. The average molecular weight is 764 g/mol. The fourth-order valence-electron chi connectivity index (χ4n) is 7.73.